The quantitative estimate of drug-likeness (QED) is 0.640. The Kier molecular flexibility index (Phi) is 4.06. The number of halogens is 5. The Labute approximate surface area is 117 Å². The highest BCUT2D eigenvalue weighted by atomic mass is 19.4. The molecule has 1 aromatic rings. The van der Waals surface area contributed by atoms with Crippen LogP contribution in [0.1, 0.15) is 23.2 Å². The third-order valence-corrected chi connectivity index (χ3v) is 3.49. The lowest BCUT2D eigenvalue weighted by Crippen LogP contribution is -2.44. The second-order valence-corrected chi connectivity index (χ2v) is 4.99. The van der Waals surface area contributed by atoms with Crippen LogP contribution >= 0.6 is 0 Å². The lowest BCUT2D eigenvalue weighted by atomic mass is 9.97. The molecule has 8 heteroatoms. The third kappa shape index (κ3) is 3.25. The van der Waals surface area contributed by atoms with Gasteiger partial charge in [-0.05, 0) is 18.9 Å². The first kappa shape index (κ1) is 15.5. The van der Waals surface area contributed by atoms with E-state index in [-0.39, 0.29) is 19.4 Å². The molecule has 3 nitrogen and oxygen atoms in total. The van der Waals surface area contributed by atoms with Gasteiger partial charge in [-0.1, -0.05) is 0 Å². The van der Waals surface area contributed by atoms with Crippen molar-refractivity contribution in [3.8, 4) is 0 Å². The van der Waals surface area contributed by atoms with Crippen LogP contribution in [0.25, 0.3) is 0 Å². The number of rotatable bonds is 1. The van der Waals surface area contributed by atoms with Gasteiger partial charge in [0.15, 0.2) is 0 Å². The van der Waals surface area contributed by atoms with Gasteiger partial charge >= 0.3 is 6.18 Å². The molecule has 0 aliphatic carbocycles. The number of alkyl halides is 3. The van der Waals surface area contributed by atoms with E-state index < -0.39 is 47.4 Å². The summed E-state index contributed by atoms with van der Waals surface area (Å²) in [5.41, 5.74) is 4.32. The molecule has 1 unspecified atom stereocenters. The Hall–Kier alpha value is -1.86. The van der Waals surface area contributed by atoms with Crippen LogP contribution in [0.2, 0.25) is 0 Å². The zero-order chi connectivity index (χ0) is 15.8. The fourth-order valence-corrected chi connectivity index (χ4v) is 2.33. The molecule has 0 aromatic heterocycles. The van der Waals surface area contributed by atoms with Crippen LogP contribution < -0.4 is 5.73 Å². The van der Waals surface area contributed by atoms with Gasteiger partial charge < -0.3 is 10.6 Å². The summed E-state index contributed by atoms with van der Waals surface area (Å²) in [6.07, 6.45) is -4.30. The van der Waals surface area contributed by atoms with Gasteiger partial charge in [-0.25, -0.2) is 8.78 Å². The maximum absolute atomic E-state index is 13.6. The number of nitrogens with two attached hydrogens (primary N) is 1. The van der Waals surface area contributed by atoms with Gasteiger partial charge in [0.25, 0.3) is 5.91 Å². The molecule has 0 saturated carbocycles. The molecule has 1 atom stereocenters. The van der Waals surface area contributed by atoms with Crippen LogP contribution in [0.5, 0.6) is 0 Å². The van der Waals surface area contributed by atoms with Crippen LogP contribution in [0, 0.1) is 17.6 Å². The van der Waals surface area contributed by atoms with Crippen molar-refractivity contribution >= 4 is 11.6 Å². The van der Waals surface area contributed by atoms with Crippen LogP contribution in [0.15, 0.2) is 12.1 Å². The Morgan fingerprint density at radius 1 is 1.24 bits per heavy atom. The van der Waals surface area contributed by atoms with E-state index in [1.165, 1.54) is 0 Å². The van der Waals surface area contributed by atoms with Crippen molar-refractivity contribution in [1.82, 2.24) is 4.90 Å². The number of anilines is 1. The minimum Gasteiger partial charge on any atom is -0.396 e. The summed E-state index contributed by atoms with van der Waals surface area (Å²) in [4.78, 5) is 13.0. The highest BCUT2D eigenvalue weighted by Gasteiger charge is 2.43. The summed E-state index contributed by atoms with van der Waals surface area (Å²) in [7, 11) is 0. The predicted molar refractivity (Wildman–Crippen MR) is 65.5 cm³/mol. The molecule has 0 bridgehead atoms. The molecule has 21 heavy (non-hydrogen) atoms. The van der Waals surface area contributed by atoms with E-state index in [1.807, 2.05) is 0 Å². The first-order valence-corrected chi connectivity index (χ1v) is 6.30. The standard InChI is InChI=1S/C13H13F5N2O/c14-9-5-10(15)11(19)4-8(9)12(21)20-3-1-2-7(6-20)13(16,17)18/h4-5,7H,1-3,6,19H2. The maximum atomic E-state index is 13.6. The van der Waals surface area contributed by atoms with E-state index in [0.29, 0.717) is 6.07 Å². The van der Waals surface area contributed by atoms with Crippen molar-refractivity contribution in [2.45, 2.75) is 19.0 Å². The molecule has 1 saturated heterocycles. The highest BCUT2D eigenvalue weighted by Crippen LogP contribution is 2.33. The molecule has 1 fully saturated rings. The summed E-state index contributed by atoms with van der Waals surface area (Å²) in [6, 6.07) is 1.26. The number of hydrogen-bond acceptors (Lipinski definition) is 2. The molecule has 1 amide bonds. The number of likely N-dealkylation sites (tertiary alicyclic amines) is 1. The molecule has 1 aliphatic heterocycles. The topological polar surface area (TPSA) is 46.3 Å². The number of carbonyl (C=O) groups is 1. The number of carbonyl (C=O) groups excluding carboxylic acids is 1. The maximum Gasteiger partial charge on any atom is 0.393 e. The average Bonchev–Trinajstić information content (AvgIpc) is 2.41. The van der Waals surface area contributed by atoms with E-state index in [2.05, 4.69) is 0 Å². The minimum absolute atomic E-state index is 0.0681. The van der Waals surface area contributed by atoms with Gasteiger partial charge in [0.2, 0.25) is 0 Å². The van der Waals surface area contributed by atoms with Crippen LogP contribution in [0.4, 0.5) is 27.6 Å². The number of nitrogen functional groups attached to an aromatic ring is 1. The molecule has 116 valence electrons. The van der Waals surface area contributed by atoms with Gasteiger partial charge in [0, 0.05) is 19.2 Å². The summed E-state index contributed by atoms with van der Waals surface area (Å²) < 4.78 is 64.7. The number of hydrogen-bond donors (Lipinski definition) is 1. The Morgan fingerprint density at radius 2 is 1.90 bits per heavy atom. The second kappa shape index (κ2) is 5.50. The van der Waals surface area contributed by atoms with Gasteiger partial charge in [-0.3, -0.25) is 4.79 Å². The van der Waals surface area contributed by atoms with E-state index in [9.17, 15) is 26.7 Å². The summed E-state index contributed by atoms with van der Waals surface area (Å²) >= 11 is 0. The van der Waals surface area contributed by atoms with E-state index >= 15 is 0 Å². The van der Waals surface area contributed by atoms with Gasteiger partial charge in [0.1, 0.15) is 11.6 Å². The van der Waals surface area contributed by atoms with Gasteiger partial charge in [-0.2, -0.15) is 13.2 Å². The molecule has 2 N–H and O–H groups in total. The minimum atomic E-state index is -4.40. The van der Waals surface area contributed by atoms with Crippen molar-refractivity contribution < 1.29 is 26.7 Å². The molecule has 0 spiro atoms. The summed E-state index contributed by atoms with van der Waals surface area (Å²) in [5.74, 6) is -4.69. The Balaban J connectivity index is 2.22. The van der Waals surface area contributed by atoms with Crippen molar-refractivity contribution in [3.05, 3.63) is 29.3 Å². The second-order valence-electron chi connectivity index (χ2n) is 4.99. The molecule has 1 heterocycles. The Morgan fingerprint density at radius 3 is 2.52 bits per heavy atom. The lowest BCUT2D eigenvalue weighted by molar-refractivity contribution is -0.184. The fourth-order valence-electron chi connectivity index (χ4n) is 2.33. The van der Waals surface area contributed by atoms with E-state index in [1.54, 1.807) is 0 Å². The van der Waals surface area contributed by atoms with E-state index in [4.69, 9.17) is 5.73 Å². The first-order chi connectivity index (χ1) is 9.70. The SMILES string of the molecule is Nc1cc(C(=O)N2CCCC(C(F)(F)F)C2)c(F)cc1F. The Bertz CT molecular complexity index is 558. The molecule has 1 aromatic carbocycles. The van der Waals surface area contributed by atoms with Crippen LogP contribution in [-0.2, 0) is 0 Å². The number of amides is 1. The zero-order valence-corrected chi connectivity index (χ0v) is 10.9. The molecular weight excluding hydrogens is 295 g/mol. The van der Waals surface area contributed by atoms with Gasteiger partial charge in [0.05, 0.1) is 17.2 Å². The summed E-state index contributed by atoms with van der Waals surface area (Å²) in [5, 5.41) is 0. The molecule has 0 radical (unpaired) electrons. The number of piperidine rings is 1. The predicted octanol–water partition coefficient (Wildman–Crippen LogP) is 2.96. The van der Waals surface area contributed by atoms with Crippen molar-refractivity contribution in [1.29, 1.82) is 0 Å². The molecule has 2 rings (SSSR count). The largest absolute Gasteiger partial charge is 0.396 e. The van der Waals surface area contributed by atoms with Gasteiger partial charge in [-0.15, -0.1) is 0 Å². The van der Waals surface area contributed by atoms with E-state index in [0.717, 1.165) is 11.0 Å². The lowest BCUT2D eigenvalue weighted by Gasteiger charge is -2.33. The van der Waals surface area contributed by atoms with Crippen molar-refractivity contribution in [2.75, 3.05) is 18.8 Å². The normalized spacial score (nSPS) is 19.7. The smallest absolute Gasteiger partial charge is 0.393 e. The number of nitrogens with zero attached hydrogens (tertiary/aromatic N) is 1. The number of benzene rings is 1. The average molecular weight is 308 g/mol. The van der Waals surface area contributed by atoms with Crippen LogP contribution in [0.3, 0.4) is 0 Å². The highest BCUT2D eigenvalue weighted by molar-refractivity contribution is 5.95. The summed E-state index contributed by atoms with van der Waals surface area (Å²) in [6.45, 7) is -0.429. The zero-order valence-electron chi connectivity index (χ0n) is 10.9. The first-order valence-electron chi connectivity index (χ1n) is 6.30. The third-order valence-electron chi connectivity index (χ3n) is 3.49. The molecular formula is C13H13F5N2O. The molecule has 1 aliphatic rings. The van der Waals surface area contributed by atoms with Crippen LogP contribution in [-0.4, -0.2) is 30.1 Å². The monoisotopic (exact) mass is 308 g/mol. The van der Waals surface area contributed by atoms with Crippen molar-refractivity contribution in [2.24, 2.45) is 5.92 Å². The fraction of sp³-hybridized carbons (Fsp3) is 0.462. The van der Waals surface area contributed by atoms with Crippen molar-refractivity contribution in [3.63, 3.8) is 0 Å².